The molecule has 0 aliphatic heterocycles. The number of unbranched alkanes of at least 4 members (excludes halogenated alkanes) is 1. The maximum Gasteiger partial charge on any atom is 0.275 e. The molecule has 0 bridgehead atoms. The molecule has 0 aliphatic carbocycles. The number of carbonyl (C=O) groups is 1. The van der Waals surface area contributed by atoms with Crippen LogP contribution in [0.5, 0.6) is 5.75 Å². The fourth-order valence-corrected chi connectivity index (χ4v) is 1.86. The predicted molar refractivity (Wildman–Crippen MR) is 75.5 cm³/mol. The Kier molecular flexibility index (Phi) is 4.40. The summed E-state index contributed by atoms with van der Waals surface area (Å²) < 4.78 is 5.17. The van der Waals surface area contributed by atoms with Crippen LogP contribution in [0.15, 0.2) is 34.9 Å². The lowest BCUT2D eigenvalue weighted by molar-refractivity contribution is 0.0783. The molecule has 5 nitrogen and oxygen atoms in total. The molecule has 5 heteroatoms. The molecule has 1 aromatic carbocycles. The van der Waals surface area contributed by atoms with Crippen LogP contribution < -0.4 is 0 Å². The maximum absolute atomic E-state index is 12.1. The van der Waals surface area contributed by atoms with Crippen LogP contribution in [-0.2, 0) is 0 Å². The van der Waals surface area contributed by atoms with E-state index in [1.54, 1.807) is 42.3 Å². The van der Waals surface area contributed by atoms with Crippen molar-refractivity contribution < 1.29 is 14.4 Å². The zero-order valence-corrected chi connectivity index (χ0v) is 11.7. The summed E-state index contributed by atoms with van der Waals surface area (Å²) in [6.07, 6.45) is 1.99. The number of phenolic OH excluding ortho intramolecular Hbond substituents is 1. The molecular formula is C15H18N2O3. The van der Waals surface area contributed by atoms with Crippen LogP contribution in [-0.4, -0.2) is 34.7 Å². The molecule has 2 aromatic rings. The normalized spacial score (nSPS) is 10.5. The van der Waals surface area contributed by atoms with E-state index in [0.717, 1.165) is 12.8 Å². The first kappa shape index (κ1) is 14.1. The van der Waals surface area contributed by atoms with Gasteiger partial charge < -0.3 is 14.5 Å². The third-order valence-corrected chi connectivity index (χ3v) is 3.05. The Hall–Kier alpha value is -2.30. The van der Waals surface area contributed by atoms with E-state index < -0.39 is 0 Å². The van der Waals surface area contributed by atoms with Crippen molar-refractivity contribution >= 4 is 5.91 Å². The number of hydrogen-bond acceptors (Lipinski definition) is 4. The van der Waals surface area contributed by atoms with Crippen LogP contribution in [0, 0.1) is 0 Å². The fourth-order valence-electron chi connectivity index (χ4n) is 1.86. The van der Waals surface area contributed by atoms with Crippen LogP contribution in [0.4, 0.5) is 0 Å². The number of aromatic hydroxyl groups is 1. The average molecular weight is 274 g/mol. The molecule has 0 atom stereocenters. The zero-order chi connectivity index (χ0) is 14.5. The third kappa shape index (κ3) is 3.17. The van der Waals surface area contributed by atoms with Gasteiger partial charge in [-0.1, -0.05) is 30.6 Å². The van der Waals surface area contributed by atoms with Crippen molar-refractivity contribution in [2.24, 2.45) is 0 Å². The molecular weight excluding hydrogens is 256 g/mol. The molecule has 2 rings (SSSR count). The second kappa shape index (κ2) is 6.23. The van der Waals surface area contributed by atoms with Gasteiger partial charge in [0, 0.05) is 25.2 Å². The lowest BCUT2D eigenvalue weighted by Crippen LogP contribution is -2.27. The Balaban J connectivity index is 2.14. The fraction of sp³-hybridized carbons (Fsp3) is 0.333. The summed E-state index contributed by atoms with van der Waals surface area (Å²) in [4.78, 5) is 13.7. The van der Waals surface area contributed by atoms with Crippen molar-refractivity contribution in [1.82, 2.24) is 10.1 Å². The number of benzene rings is 1. The molecule has 106 valence electrons. The smallest absolute Gasteiger partial charge is 0.275 e. The van der Waals surface area contributed by atoms with Gasteiger partial charge >= 0.3 is 0 Å². The Labute approximate surface area is 117 Å². The highest BCUT2D eigenvalue weighted by Gasteiger charge is 2.17. The summed E-state index contributed by atoms with van der Waals surface area (Å²) in [7, 11) is 1.75. The van der Waals surface area contributed by atoms with Crippen molar-refractivity contribution in [3.8, 4) is 17.1 Å². The van der Waals surface area contributed by atoms with E-state index >= 15 is 0 Å². The number of rotatable bonds is 5. The molecule has 0 saturated heterocycles. The van der Waals surface area contributed by atoms with Gasteiger partial charge in [-0.25, -0.2) is 0 Å². The van der Waals surface area contributed by atoms with E-state index in [9.17, 15) is 9.90 Å². The summed E-state index contributed by atoms with van der Waals surface area (Å²) in [5, 5.41) is 13.2. The highest BCUT2D eigenvalue weighted by Crippen LogP contribution is 2.24. The lowest BCUT2D eigenvalue weighted by atomic mass is 10.1. The standard InChI is InChI=1S/C15H18N2O3/c1-3-4-8-17(2)15(19)13-10-14(20-16-13)11-6-5-7-12(18)9-11/h5-7,9-10,18H,3-4,8H2,1-2H3. The Morgan fingerprint density at radius 3 is 2.90 bits per heavy atom. The first-order valence-corrected chi connectivity index (χ1v) is 6.63. The first-order chi connectivity index (χ1) is 9.61. The van der Waals surface area contributed by atoms with Crippen molar-refractivity contribution in [3.63, 3.8) is 0 Å². The van der Waals surface area contributed by atoms with Gasteiger partial charge in [0.2, 0.25) is 0 Å². The predicted octanol–water partition coefficient (Wildman–Crippen LogP) is 2.92. The largest absolute Gasteiger partial charge is 0.508 e. The van der Waals surface area contributed by atoms with Crippen LogP contribution in [0.25, 0.3) is 11.3 Å². The summed E-state index contributed by atoms with van der Waals surface area (Å²) in [6, 6.07) is 8.23. The molecule has 1 N–H and O–H groups in total. The minimum Gasteiger partial charge on any atom is -0.508 e. The Morgan fingerprint density at radius 2 is 2.20 bits per heavy atom. The second-order valence-corrected chi connectivity index (χ2v) is 4.71. The number of carbonyl (C=O) groups excluding carboxylic acids is 1. The van der Waals surface area contributed by atoms with Gasteiger partial charge in [-0.15, -0.1) is 0 Å². The SMILES string of the molecule is CCCCN(C)C(=O)c1cc(-c2cccc(O)c2)on1. The Morgan fingerprint density at radius 1 is 1.40 bits per heavy atom. The molecule has 0 aliphatic rings. The van der Waals surface area contributed by atoms with Crippen LogP contribution in [0.1, 0.15) is 30.3 Å². The lowest BCUT2D eigenvalue weighted by Gasteiger charge is -2.14. The van der Waals surface area contributed by atoms with Crippen LogP contribution >= 0.6 is 0 Å². The molecule has 0 unspecified atom stereocenters. The minimum absolute atomic E-state index is 0.145. The van der Waals surface area contributed by atoms with Crippen molar-refractivity contribution in [3.05, 3.63) is 36.0 Å². The highest BCUT2D eigenvalue weighted by molar-refractivity contribution is 5.92. The number of nitrogens with zero attached hydrogens (tertiary/aromatic N) is 2. The van der Waals surface area contributed by atoms with Gasteiger partial charge in [-0.2, -0.15) is 0 Å². The molecule has 1 aromatic heterocycles. The number of phenols is 1. The van der Waals surface area contributed by atoms with Gasteiger partial charge in [0.1, 0.15) is 5.75 Å². The Bertz CT molecular complexity index is 592. The highest BCUT2D eigenvalue weighted by atomic mass is 16.5. The van der Waals surface area contributed by atoms with Gasteiger partial charge in [-0.3, -0.25) is 4.79 Å². The monoisotopic (exact) mass is 274 g/mol. The van der Waals surface area contributed by atoms with E-state index in [-0.39, 0.29) is 17.4 Å². The zero-order valence-electron chi connectivity index (χ0n) is 11.7. The van der Waals surface area contributed by atoms with Gasteiger partial charge in [-0.05, 0) is 18.6 Å². The van der Waals surface area contributed by atoms with E-state index in [4.69, 9.17) is 4.52 Å². The van der Waals surface area contributed by atoms with E-state index in [1.165, 1.54) is 0 Å². The molecule has 20 heavy (non-hydrogen) atoms. The molecule has 0 saturated carbocycles. The van der Waals surface area contributed by atoms with Crippen molar-refractivity contribution in [1.29, 1.82) is 0 Å². The van der Waals surface area contributed by atoms with Crippen LogP contribution in [0.2, 0.25) is 0 Å². The summed E-state index contributed by atoms with van der Waals surface area (Å²) in [6.45, 7) is 2.78. The number of hydrogen-bond donors (Lipinski definition) is 1. The molecule has 0 fully saturated rings. The molecule has 1 amide bonds. The van der Waals surface area contributed by atoms with E-state index in [1.807, 2.05) is 0 Å². The quantitative estimate of drug-likeness (QED) is 0.910. The summed E-state index contributed by atoms with van der Waals surface area (Å²) in [5.74, 6) is 0.452. The second-order valence-electron chi connectivity index (χ2n) is 4.71. The van der Waals surface area contributed by atoms with Crippen molar-refractivity contribution in [2.75, 3.05) is 13.6 Å². The van der Waals surface area contributed by atoms with Gasteiger partial charge in [0.05, 0.1) is 0 Å². The number of amides is 1. The average Bonchev–Trinajstić information content (AvgIpc) is 2.93. The summed E-state index contributed by atoms with van der Waals surface area (Å²) >= 11 is 0. The third-order valence-electron chi connectivity index (χ3n) is 3.05. The number of aromatic nitrogens is 1. The summed E-state index contributed by atoms with van der Waals surface area (Å²) in [5.41, 5.74) is 0.967. The topological polar surface area (TPSA) is 66.6 Å². The molecule has 1 heterocycles. The van der Waals surface area contributed by atoms with Gasteiger partial charge in [0.25, 0.3) is 5.91 Å². The maximum atomic E-state index is 12.1. The van der Waals surface area contributed by atoms with Crippen molar-refractivity contribution in [2.45, 2.75) is 19.8 Å². The van der Waals surface area contributed by atoms with Gasteiger partial charge in [0.15, 0.2) is 11.5 Å². The minimum atomic E-state index is -0.159. The first-order valence-electron chi connectivity index (χ1n) is 6.63. The van der Waals surface area contributed by atoms with E-state index in [0.29, 0.717) is 17.9 Å². The molecule has 0 radical (unpaired) electrons. The molecule has 0 spiro atoms. The van der Waals surface area contributed by atoms with Crippen LogP contribution in [0.3, 0.4) is 0 Å². The van der Waals surface area contributed by atoms with E-state index in [2.05, 4.69) is 12.1 Å².